The minimum Gasteiger partial charge on any atom is -0.396 e. The van der Waals surface area contributed by atoms with E-state index in [4.69, 9.17) is 4.74 Å². The number of amides is 2. The molecule has 2 amide bonds. The summed E-state index contributed by atoms with van der Waals surface area (Å²) in [4.78, 5) is 12.3. The van der Waals surface area contributed by atoms with Crippen LogP contribution in [0.2, 0.25) is 0 Å². The highest BCUT2D eigenvalue weighted by Crippen LogP contribution is 2.21. The number of hydrogen-bond donors (Lipinski definition) is 3. The summed E-state index contributed by atoms with van der Waals surface area (Å²) in [6, 6.07) is 7.63. The molecule has 1 unspecified atom stereocenters. The fraction of sp³-hybridized carbons (Fsp3) is 0.500. The van der Waals surface area contributed by atoms with Crippen LogP contribution in [0.1, 0.15) is 26.7 Å². The number of aryl methyl sites for hydroxylation is 1. The van der Waals surface area contributed by atoms with Crippen molar-refractivity contribution >= 4 is 22.6 Å². The van der Waals surface area contributed by atoms with E-state index in [1.165, 1.54) is 0 Å². The molecule has 6 heteroatoms. The Balaban J connectivity index is 2.10. The lowest BCUT2D eigenvalue weighted by molar-refractivity contribution is 0.104. The van der Waals surface area contributed by atoms with Crippen molar-refractivity contribution in [2.24, 2.45) is 0 Å². The van der Waals surface area contributed by atoms with Gasteiger partial charge in [-0.05, 0) is 43.4 Å². The van der Waals surface area contributed by atoms with E-state index in [0.717, 1.165) is 29.6 Å². The number of urea groups is 1. The Hall–Kier alpha value is -2.05. The number of aromatic nitrogens is 1. The molecule has 0 aliphatic heterocycles. The maximum Gasteiger partial charge on any atom is 0.319 e. The minimum atomic E-state index is -0.611. The molecule has 0 saturated heterocycles. The van der Waals surface area contributed by atoms with Crippen molar-refractivity contribution in [3.05, 3.63) is 30.5 Å². The second kappa shape index (κ2) is 8.17. The number of benzene rings is 1. The molecule has 3 N–H and O–H groups in total. The standard InChI is InChI=1S/C18H27N3O3/c1-4-9-21-10-7-14-5-6-15(12-16(14)21)19-17(23)20-18(2,8-11-22)13-24-3/h5-7,10,12,22H,4,8-9,11,13H2,1-3H3,(H2,19,20,23). The van der Waals surface area contributed by atoms with Crippen LogP contribution >= 0.6 is 0 Å². The van der Waals surface area contributed by atoms with Gasteiger partial charge >= 0.3 is 6.03 Å². The van der Waals surface area contributed by atoms with Crippen molar-refractivity contribution in [1.29, 1.82) is 0 Å². The third kappa shape index (κ3) is 4.49. The highest BCUT2D eigenvalue weighted by molar-refractivity contribution is 5.93. The van der Waals surface area contributed by atoms with Gasteiger partial charge in [0.05, 0.1) is 17.7 Å². The third-order valence-electron chi connectivity index (χ3n) is 4.04. The predicted octanol–water partition coefficient (Wildman–Crippen LogP) is 2.96. The smallest absolute Gasteiger partial charge is 0.319 e. The molecule has 6 nitrogen and oxygen atoms in total. The molecule has 0 radical (unpaired) electrons. The lowest BCUT2D eigenvalue weighted by atomic mass is 10.00. The van der Waals surface area contributed by atoms with E-state index in [1.54, 1.807) is 7.11 Å². The summed E-state index contributed by atoms with van der Waals surface area (Å²) in [5.74, 6) is 0. The summed E-state index contributed by atoms with van der Waals surface area (Å²) in [7, 11) is 1.57. The SMILES string of the molecule is CCCn1ccc2ccc(NC(=O)NC(C)(CCO)COC)cc21. The first-order valence-corrected chi connectivity index (χ1v) is 8.29. The first-order valence-electron chi connectivity index (χ1n) is 8.29. The second-order valence-corrected chi connectivity index (χ2v) is 6.33. The fourth-order valence-electron chi connectivity index (χ4n) is 2.87. The number of methoxy groups -OCH3 is 1. The highest BCUT2D eigenvalue weighted by Gasteiger charge is 2.26. The van der Waals surface area contributed by atoms with Gasteiger partial charge in [-0.15, -0.1) is 0 Å². The zero-order valence-electron chi connectivity index (χ0n) is 14.6. The number of nitrogens with one attached hydrogen (secondary N) is 2. The number of carbonyl (C=O) groups is 1. The van der Waals surface area contributed by atoms with Crippen LogP contribution in [0.4, 0.5) is 10.5 Å². The van der Waals surface area contributed by atoms with Gasteiger partial charge in [-0.25, -0.2) is 4.79 Å². The average Bonchev–Trinajstić information content (AvgIpc) is 2.90. The van der Waals surface area contributed by atoms with Gasteiger partial charge in [0.25, 0.3) is 0 Å². The van der Waals surface area contributed by atoms with Crippen molar-refractivity contribution in [2.45, 2.75) is 38.8 Å². The highest BCUT2D eigenvalue weighted by atomic mass is 16.5. The Morgan fingerprint density at radius 1 is 1.38 bits per heavy atom. The molecular weight excluding hydrogens is 306 g/mol. The molecule has 24 heavy (non-hydrogen) atoms. The molecule has 1 atom stereocenters. The van der Waals surface area contributed by atoms with Crippen LogP contribution < -0.4 is 10.6 Å². The van der Waals surface area contributed by atoms with Crippen LogP contribution in [0.5, 0.6) is 0 Å². The Kier molecular flexibility index (Phi) is 6.23. The molecule has 2 rings (SSSR count). The monoisotopic (exact) mass is 333 g/mol. The van der Waals surface area contributed by atoms with Gasteiger partial charge in [0, 0.05) is 32.1 Å². The summed E-state index contributed by atoms with van der Waals surface area (Å²) in [5.41, 5.74) is 1.23. The molecule has 0 aliphatic carbocycles. The van der Waals surface area contributed by atoms with Gasteiger partial charge in [-0.1, -0.05) is 13.0 Å². The van der Waals surface area contributed by atoms with Crippen molar-refractivity contribution in [3.63, 3.8) is 0 Å². The van der Waals surface area contributed by atoms with Crippen LogP contribution in [-0.2, 0) is 11.3 Å². The zero-order chi connectivity index (χ0) is 17.6. The molecule has 0 bridgehead atoms. The van der Waals surface area contributed by atoms with Crippen molar-refractivity contribution in [2.75, 3.05) is 25.6 Å². The Morgan fingerprint density at radius 3 is 2.83 bits per heavy atom. The largest absolute Gasteiger partial charge is 0.396 e. The van der Waals surface area contributed by atoms with Crippen LogP contribution in [-0.4, -0.2) is 41.6 Å². The fourth-order valence-corrected chi connectivity index (χ4v) is 2.87. The summed E-state index contributed by atoms with van der Waals surface area (Å²) >= 11 is 0. The lowest BCUT2D eigenvalue weighted by Gasteiger charge is -2.29. The number of ether oxygens (including phenoxy) is 1. The Labute approximate surface area is 142 Å². The molecule has 0 saturated carbocycles. The van der Waals surface area contributed by atoms with Gasteiger partial charge in [0.1, 0.15) is 0 Å². The van der Waals surface area contributed by atoms with Gasteiger partial charge in [0.2, 0.25) is 0 Å². The molecular formula is C18H27N3O3. The number of rotatable bonds is 8. The predicted molar refractivity (Wildman–Crippen MR) is 96.4 cm³/mol. The van der Waals surface area contributed by atoms with E-state index in [1.807, 2.05) is 25.1 Å². The number of hydrogen-bond acceptors (Lipinski definition) is 3. The van der Waals surface area contributed by atoms with E-state index in [0.29, 0.717) is 13.0 Å². The first kappa shape index (κ1) is 18.3. The molecule has 2 aromatic rings. The molecule has 0 aliphatic rings. The van der Waals surface area contributed by atoms with Crippen LogP contribution in [0.25, 0.3) is 10.9 Å². The molecule has 0 fully saturated rings. The normalized spacial score (nSPS) is 13.7. The molecule has 0 spiro atoms. The average molecular weight is 333 g/mol. The van der Waals surface area contributed by atoms with Gasteiger partial charge < -0.3 is 25.0 Å². The molecule has 132 valence electrons. The van der Waals surface area contributed by atoms with Crippen LogP contribution in [0.3, 0.4) is 0 Å². The van der Waals surface area contributed by atoms with Gasteiger partial charge in [-0.2, -0.15) is 0 Å². The molecule has 1 heterocycles. The van der Waals surface area contributed by atoms with E-state index < -0.39 is 5.54 Å². The summed E-state index contributed by atoms with van der Waals surface area (Å²) in [6.45, 7) is 5.25. The van der Waals surface area contributed by atoms with Gasteiger partial charge in [0.15, 0.2) is 0 Å². The Bertz CT molecular complexity index is 675. The maximum atomic E-state index is 12.3. The Morgan fingerprint density at radius 2 is 2.17 bits per heavy atom. The van der Waals surface area contributed by atoms with E-state index in [-0.39, 0.29) is 12.6 Å². The minimum absolute atomic E-state index is 0.0172. The summed E-state index contributed by atoms with van der Waals surface area (Å²) in [6.07, 6.45) is 3.54. The summed E-state index contributed by atoms with van der Waals surface area (Å²) < 4.78 is 7.32. The first-order chi connectivity index (χ1) is 11.5. The van der Waals surface area contributed by atoms with E-state index in [9.17, 15) is 9.90 Å². The maximum absolute atomic E-state index is 12.3. The number of fused-ring (bicyclic) bond motifs is 1. The molecule has 1 aromatic heterocycles. The quantitative estimate of drug-likeness (QED) is 0.695. The third-order valence-corrected chi connectivity index (χ3v) is 4.04. The zero-order valence-corrected chi connectivity index (χ0v) is 14.6. The number of anilines is 1. The van der Waals surface area contributed by atoms with Gasteiger partial charge in [-0.3, -0.25) is 0 Å². The van der Waals surface area contributed by atoms with Crippen LogP contribution in [0.15, 0.2) is 30.5 Å². The van der Waals surface area contributed by atoms with Crippen molar-refractivity contribution in [1.82, 2.24) is 9.88 Å². The number of aliphatic hydroxyl groups excluding tert-OH is 1. The number of nitrogens with zero attached hydrogens (tertiary/aromatic N) is 1. The topological polar surface area (TPSA) is 75.5 Å². The van der Waals surface area contributed by atoms with E-state index >= 15 is 0 Å². The van der Waals surface area contributed by atoms with E-state index in [2.05, 4.69) is 34.4 Å². The summed E-state index contributed by atoms with van der Waals surface area (Å²) in [5, 5.41) is 16.1. The number of aliphatic hydroxyl groups is 1. The number of carbonyl (C=O) groups excluding carboxylic acids is 1. The lowest BCUT2D eigenvalue weighted by Crippen LogP contribution is -2.51. The van der Waals surface area contributed by atoms with Crippen molar-refractivity contribution in [3.8, 4) is 0 Å². The van der Waals surface area contributed by atoms with Crippen molar-refractivity contribution < 1.29 is 14.6 Å². The van der Waals surface area contributed by atoms with Crippen LogP contribution in [0, 0.1) is 0 Å². The molecule has 1 aromatic carbocycles. The second-order valence-electron chi connectivity index (χ2n) is 6.33.